The second-order valence-electron chi connectivity index (χ2n) is 4.67. The minimum absolute atomic E-state index is 0.464. The zero-order valence-corrected chi connectivity index (χ0v) is 12.1. The van der Waals surface area contributed by atoms with Crippen molar-refractivity contribution < 1.29 is 19.1 Å². The van der Waals surface area contributed by atoms with Crippen LogP contribution in [-0.4, -0.2) is 13.1 Å². The number of benzene rings is 1. The van der Waals surface area contributed by atoms with Gasteiger partial charge in [-0.2, -0.15) is 4.89 Å². The summed E-state index contributed by atoms with van der Waals surface area (Å²) in [5, 5.41) is 0. The molecule has 0 N–H and O–H groups in total. The van der Waals surface area contributed by atoms with Crippen LogP contribution in [0.1, 0.15) is 21.6 Å². The molecule has 0 radical (unpaired) electrons. The molecular formula is C16H18NO3+. The molecule has 104 valence electrons. The first-order chi connectivity index (χ1) is 9.54. The SMILES string of the molecule is COOC(=O)c1ccc(-c2cc[n+](C)c(C)c2C)cc1. The van der Waals surface area contributed by atoms with Gasteiger partial charge in [0, 0.05) is 18.6 Å². The maximum Gasteiger partial charge on any atom is 0.373 e. The molecule has 4 nitrogen and oxygen atoms in total. The van der Waals surface area contributed by atoms with Crippen molar-refractivity contribution in [2.24, 2.45) is 7.05 Å². The van der Waals surface area contributed by atoms with Crippen molar-refractivity contribution in [1.82, 2.24) is 0 Å². The smallest absolute Gasteiger partial charge is 0.293 e. The standard InChI is InChI=1S/C16H18NO3/c1-11-12(2)17(3)10-9-15(11)13-5-7-14(8-6-13)16(18)20-19-4/h5-10H,1-4H3/q+1. The molecule has 0 fully saturated rings. The summed E-state index contributed by atoms with van der Waals surface area (Å²) < 4.78 is 2.09. The Morgan fingerprint density at radius 1 is 1.10 bits per heavy atom. The fourth-order valence-electron chi connectivity index (χ4n) is 2.10. The molecule has 0 bridgehead atoms. The summed E-state index contributed by atoms with van der Waals surface area (Å²) in [4.78, 5) is 20.4. The van der Waals surface area contributed by atoms with Crippen molar-refractivity contribution in [2.75, 3.05) is 7.11 Å². The quantitative estimate of drug-likeness (QED) is 0.489. The van der Waals surface area contributed by atoms with Crippen LogP contribution in [-0.2, 0) is 16.8 Å². The molecule has 0 saturated carbocycles. The molecule has 2 rings (SSSR count). The third kappa shape index (κ3) is 2.70. The monoisotopic (exact) mass is 272 g/mol. The highest BCUT2D eigenvalue weighted by atomic mass is 17.2. The van der Waals surface area contributed by atoms with Gasteiger partial charge in [0.25, 0.3) is 0 Å². The van der Waals surface area contributed by atoms with Gasteiger partial charge in [0.15, 0.2) is 11.9 Å². The number of hydrogen-bond donors (Lipinski definition) is 0. The van der Waals surface area contributed by atoms with Crippen LogP contribution in [0.2, 0.25) is 0 Å². The highest BCUT2D eigenvalue weighted by Gasteiger charge is 2.12. The molecule has 0 spiro atoms. The maximum atomic E-state index is 11.5. The number of aromatic nitrogens is 1. The predicted molar refractivity (Wildman–Crippen MR) is 75.0 cm³/mol. The van der Waals surface area contributed by atoms with Gasteiger partial charge in [-0.05, 0) is 30.2 Å². The van der Waals surface area contributed by atoms with Crippen molar-refractivity contribution in [3.05, 3.63) is 53.3 Å². The zero-order chi connectivity index (χ0) is 14.7. The molecule has 4 heteroatoms. The van der Waals surface area contributed by atoms with E-state index in [-0.39, 0.29) is 0 Å². The van der Waals surface area contributed by atoms with Crippen molar-refractivity contribution in [3.8, 4) is 11.1 Å². The van der Waals surface area contributed by atoms with Crippen LogP contribution in [0.25, 0.3) is 11.1 Å². The van der Waals surface area contributed by atoms with E-state index in [0.29, 0.717) is 5.56 Å². The van der Waals surface area contributed by atoms with E-state index >= 15 is 0 Å². The Hall–Kier alpha value is -2.20. The molecule has 0 saturated heterocycles. The molecule has 0 aliphatic heterocycles. The summed E-state index contributed by atoms with van der Waals surface area (Å²) in [7, 11) is 3.33. The normalized spacial score (nSPS) is 10.4. The first kappa shape index (κ1) is 14.2. The lowest BCUT2D eigenvalue weighted by atomic mass is 9.99. The Labute approximate surface area is 118 Å². The summed E-state index contributed by atoms with van der Waals surface area (Å²) in [5.41, 5.74) is 5.13. The molecule has 0 unspecified atom stereocenters. The summed E-state index contributed by atoms with van der Waals surface area (Å²) >= 11 is 0. The van der Waals surface area contributed by atoms with Crippen LogP contribution in [0.5, 0.6) is 0 Å². The van der Waals surface area contributed by atoms with E-state index < -0.39 is 5.97 Å². The van der Waals surface area contributed by atoms with Crippen molar-refractivity contribution in [1.29, 1.82) is 0 Å². The van der Waals surface area contributed by atoms with Crippen molar-refractivity contribution in [3.63, 3.8) is 0 Å². The minimum atomic E-state index is -0.494. The Balaban J connectivity index is 2.36. The van der Waals surface area contributed by atoms with E-state index in [0.717, 1.165) is 11.1 Å². The van der Waals surface area contributed by atoms with Crippen LogP contribution in [0.3, 0.4) is 0 Å². The fourth-order valence-corrected chi connectivity index (χ4v) is 2.10. The van der Waals surface area contributed by atoms with Gasteiger partial charge in [-0.15, -0.1) is 0 Å². The van der Waals surface area contributed by atoms with Crippen LogP contribution >= 0.6 is 0 Å². The number of carbonyl (C=O) groups excluding carboxylic acids is 1. The van der Waals surface area contributed by atoms with Gasteiger partial charge >= 0.3 is 5.97 Å². The van der Waals surface area contributed by atoms with Gasteiger partial charge in [0.2, 0.25) is 0 Å². The van der Waals surface area contributed by atoms with Crippen molar-refractivity contribution in [2.45, 2.75) is 13.8 Å². The van der Waals surface area contributed by atoms with Gasteiger partial charge in [-0.25, -0.2) is 9.36 Å². The molecule has 0 aliphatic rings. The summed E-state index contributed by atoms with van der Waals surface area (Å²) in [6.07, 6.45) is 2.03. The Kier molecular flexibility index (Phi) is 4.15. The zero-order valence-electron chi connectivity index (χ0n) is 12.1. The Morgan fingerprint density at radius 2 is 1.75 bits per heavy atom. The van der Waals surface area contributed by atoms with Gasteiger partial charge < -0.3 is 0 Å². The van der Waals surface area contributed by atoms with E-state index in [2.05, 4.69) is 34.3 Å². The topological polar surface area (TPSA) is 39.4 Å². The molecule has 0 amide bonds. The Morgan fingerprint density at radius 3 is 2.35 bits per heavy atom. The average Bonchev–Trinajstić information content (AvgIpc) is 2.45. The molecule has 2 aromatic rings. The third-order valence-corrected chi connectivity index (χ3v) is 3.53. The molecule has 1 heterocycles. The van der Waals surface area contributed by atoms with Crippen LogP contribution in [0.15, 0.2) is 36.5 Å². The fraction of sp³-hybridized carbons (Fsp3) is 0.250. The van der Waals surface area contributed by atoms with E-state index in [9.17, 15) is 4.79 Å². The summed E-state index contributed by atoms with van der Waals surface area (Å²) in [5.74, 6) is -0.494. The lowest BCUT2D eigenvalue weighted by Gasteiger charge is -2.08. The third-order valence-electron chi connectivity index (χ3n) is 3.53. The van der Waals surface area contributed by atoms with Crippen molar-refractivity contribution >= 4 is 5.97 Å². The van der Waals surface area contributed by atoms with Gasteiger partial charge in [-0.3, -0.25) is 4.89 Å². The predicted octanol–water partition coefficient (Wildman–Crippen LogP) is 2.51. The van der Waals surface area contributed by atoms with Crippen LogP contribution in [0, 0.1) is 13.8 Å². The molecule has 1 aromatic carbocycles. The van der Waals surface area contributed by atoms with Gasteiger partial charge in [0.05, 0.1) is 12.7 Å². The van der Waals surface area contributed by atoms with Crippen LogP contribution in [0.4, 0.5) is 0 Å². The largest absolute Gasteiger partial charge is 0.373 e. The highest BCUT2D eigenvalue weighted by Crippen LogP contribution is 2.24. The number of nitrogens with zero attached hydrogens (tertiary/aromatic N) is 1. The second-order valence-corrected chi connectivity index (χ2v) is 4.67. The van der Waals surface area contributed by atoms with E-state index in [1.165, 1.54) is 18.4 Å². The Bertz CT molecular complexity index is 633. The van der Waals surface area contributed by atoms with E-state index in [1.807, 2.05) is 25.4 Å². The number of pyridine rings is 1. The molecular weight excluding hydrogens is 254 g/mol. The first-order valence-electron chi connectivity index (χ1n) is 6.36. The second kappa shape index (κ2) is 5.84. The molecule has 20 heavy (non-hydrogen) atoms. The van der Waals surface area contributed by atoms with Crippen LogP contribution < -0.4 is 4.57 Å². The molecule has 0 atom stereocenters. The lowest BCUT2D eigenvalue weighted by Crippen LogP contribution is -2.32. The first-order valence-corrected chi connectivity index (χ1v) is 6.36. The highest BCUT2D eigenvalue weighted by molar-refractivity contribution is 5.89. The number of rotatable bonds is 3. The molecule has 0 aliphatic carbocycles. The van der Waals surface area contributed by atoms with Gasteiger partial charge in [0.1, 0.15) is 7.05 Å². The lowest BCUT2D eigenvalue weighted by molar-refractivity contribution is -0.677. The average molecular weight is 272 g/mol. The van der Waals surface area contributed by atoms with E-state index in [1.54, 1.807) is 12.1 Å². The number of hydrogen-bond acceptors (Lipinski definition) is 3. The molecule has 1 aromatic heterocycles. The van der Waals surface area contributed by atoms with E-state index in [4.69, 9.17) is 0 Å². The maximum absolute atomic E-state index is 11.5. The number of aryl methyl sites for hydroxylation is 1. The summed E-state index contributed by atoms with van der Waals surface area (Å²) in [6, 6.07) is 9.36. The minimum Gasteiger partial charge on any atom is -0.293 e. The summed E-state index contributed by atoms with van der Waals surface area (Å²) in [6.45, 7) is 4.18. The number of carbonyl (C=O) groups is 1. The van der Waals surface area contributed by atoms with Gasteiger partial charge in [-0.1, -0.05) is 12.1 Å².